The van der Waals surface area contributed by atoms with Crippen LogP contribution in [0.25, 0.3) is 0 Å². The van der Waals surface area contributed by atoms with Crippen molar-refractivity contribution < 1.29 is 4.74 Å². The number of methoxy groups -OCH3 is 1. The van der Waals surface area contributed by atoms with Gasteiger partial charge in [-0.15, -0.1) is 11.3 Å². The summed E-state index contributed by atoms with van der Waals surface area (Å²) in [5.41, 5.74) is 1.85. The van der Waals surface area contributed by atoms with Gasteiger partial charge in [-0.3, -0.25) is 4.98 Å². The van der Waals surface area contributed by atoms with Crippen LogP contribution in [0, 0.1) is 0 Å². The van der Waals surface area contributed by atoms with Gasteiger partial charge in [0, 0.05) is 31.3 Å². The molecule has 12 heavy (non-hydrogen) atoms. The minimum Gasteiger partial charge on any atom is -0.385 e. The third-order valence-electron chi connectivity index (χ3n) is 1.48. The summed E-state index contributed by atoms with van der Waals surface area (Å²) >= 11 is 1.68. The number of nitrogens with zero attached hydrogens (tertiary/aromatic N) is 1. The van der Waals surface area contributed by atoms with Crippen LogP contribution in [0.4, 0.5) is 0 Å². The zero-order chi connectivity index (χ0) is 8.65. The number of thiazole rings is 1. The molecule has 4 heteroatoms. The Bertz CT molecular complexity index is 189. The molecule has 0 spiro atoms. The highest BCUT2D eigenvalue weighted by atomic mass is 32.1. The van der Waals surface area contributed by atoms with E-state index in [1.807, 2.05) is 11.7 Å². The Morgan fingerprint density at radius 1 is 1.67 bits per heavy atom. The van der Waals surface area contributed by atoms with Crippen molar-refractivity contribution in [3.8, 4) is 0 Å². The van der Waals surface area contributed by atoms with E-state index in [1.54, 1.807) is 18.4 Å². The summed E-state index contributed by atoms with van der Waals surface area (Å²) in [6, 6.07) is 0. The van der Waals surface area contributed by atoms with E-state index in [9.17, 15) is 0 Å². The molecule has 0 unspecified atom stereocenters. The average Bonchev–Trinajstić information content (AvgIpc) is 2.57. The molecule has 1 N–H and O–H groups in total. The topological polar surface area (TPSA) is 34.1 Å². The Morgan fingerprint density at radius 3 is 3.25 bits per heavy atom. The maximum atomic E-state index is 4.93. The molecule has 1 rings (SSSR count). The van der Waals surface area contributed by atoms with Gasteiger partial charge in [-0.2, -0.15) is 0 Å². The zero-order valence-corrected chi connectivity index (χ0v) is 8.06. The second-order valence-electron chi connectivity index (χ2n) is 2.49. The number of rotatable bonds is 6. The first-order valence-corrected chi connectivity index (χ1v) is 4.88. The molecule has 0 saturated carbocycles. The van der Waals surface area contributed by atoms with Crippen LogP contribution in [0.15, 0.2) is 11.7 Å². The first-order chi connectivity index (χ1) is 5.93. The zero-order valence-electron chi connectivity index (χ0n) is 7.25. The van der Waals surface area contributed by atoms with Crippen LogP contribution in [0.2, 0.25) is 0 Å². The van der Waals surface area contributed by atoms with Crippen molar-refractivity contribution in [3.63, 3.8) is 0 Å². The number of ether oxygens (including phenoxy) is 1. The van der Waals surface area contributed by atoms with Crippen LogP contribution >= 0.6 is 11.3 Å². The molecule has 0 amide bonds. The smallest absolute Gasteiger partial charge is 0.0794 e. The largest absolute Gasteiger partial charge is 0.385 e. The van der Waals surface area contributed by atoms with Gasteiger partial charge in [0.15, 0.2) is 0 Å². The lowest BCUT2D eigenvalue weighted by molar-refractivity contribution is 0.194. The molecule has 0 atom stereocenters. The van der Waals surface area contributed by atoms with E-state index in [-0.39, 0.29) is 0 Å². The Hall–Kier alpha value is -0.450. The van der Waals surface area contributed by atoms with Crippen molar-refractivity contribution >= 4 is 11.3 Å². The van der Waals surface area contributed by atoms with Crippen molar-refractivity contribution in [2.75, 3.05) is 20.3 Å². The maximum absolute atomic E-state index is 4.93. The highest BCUT2D eigenvalue weighted by Gasteiger charge is 1.92. The van der Waals surface area contributed by atoms with Crippen LogP contribution < -0.4 is 5.32 Å². The quantitative estimate of drug-likeness (QED) is 0.679. The van der Waals surface area contributed by atoms with E-state index < -0.39 is 0 Å². The van der Waals surface area contributed by atoms with Gasteiger partial charge in [0.1, 0.15) is 0 Å². The van der Waals surface area contributed by atoms with Crippen molar-refractivity contribution in [2.45, 2.75) is 13.0 Å². The van der Waals surface area contributed by atoms with Gasteiger partial charge in [-0.25, -0.2) is 0 Å². The molecule has 1 heterocycles. The summed E-state index contributed by atoms with van der Waals surface area (Å²) in [4.78, 5) is 5.28. The molecule has 0 aliphatic rings. The van der Waals surface area contributed by atoms with E-state index in [4.69, 9.17) is 4.74 Å². The van der Waals surface area contributed by atoms with Gasteiger partial charge in [0.25, 0.3) is 0 Å². The SMILES string of the molecule is COCCCNCc1cncs1. The Labute approximate surface area is 76.8 Å². The lowest BCUT2D eigenvalue weighted by Crippen LogP contribution is -2.15. The fourth-order valence-corrected chi connectivity index (χ4v) is 1.45. The fraction of sp³-hybridized carbons (Fsp3) is 0.625. The van der Waals surface area contributed by atoms with Crippen molar-refractivity contribution in [2.24, 2.45) is 0 Å². The maximum Gasteiger partial charge on any atom is 0.0794 e. The molecule has 0 aliphatic heterocycles. The van der Waals surface area contributed by atoms with E-state index in [1.165, 1.54) is 4.88 Å². The van der Waals surface area contributed by atoms with Crippen LogP contribution in [0.3, 0.4) is 0 Å². The summed E-state index contributed by atoms with van der Waals surface area (Å²) in [5, 5.41) is 3.31. The molecule has 0 aliphatic carbocycles. The number of nitrogens with one attached hydrogen (secondary N) is 1. The minimum atomic E-state index is 0.829. The number of aromatic nitrogens is 1. The molecule has 0 aromatic carbocycles. The second kappa shape index (κ2) is 6.11. The van der Waals surface area contributed by atoms with Gasteiger partial charge < -0.3 is 10.1 Å². The average molecular weight is 186 g/mol. The Balaban J connectivity index is 1.96. The van der Waals surface area contributed by atoms with E-state index in [0.29, 0.717) is 0 Å². The predicted molar refractivity (Wildman–Crippen MR) is 50.3 cm³/mol. The van der Waals surface area contributed by atoms with Gasteiger partial charge in [-0.1, -0.05) is 0 Å². The molecular formula is C8H14N2OS. The normalized spacial score (nSPS) is 10.4. The van der Waals surface area contributed by atoms with E-state index in [2.05, 4.69) is 10.3 Å². The van der Waals surface area contributed by atoms with Gasteiger partial charge in [0.2, 0.25) is 0 Å². The van der Waals surface area contributed by atoms with Crippen LogP contribution in [0.5, 0.6) is 0 Å². The summed E-state index contributed by atoms with van der Waals surface area (Å²) in [6.07, 6.45) is 2.96. The molecule has 0 radical (unpaired) electrons. The summed E-state index contributed by atoms with van der Waals surface area (Å²) < 4.78 is 4.93. The lowest BCUT2D eigenvalue weighted by Gasteiger charge is -2.00. The Morgan fingerprint density at radius 2 is 2.58 bits per heavy atom. The summed E-state index contributed by atoms with van der Waals surface area (Å²) in [5.74, 6) is 0. The highest BCUT2D eigenvalue weighted by molar-refractivity contribution is 7.09. The predicted octanol–water partition coefficient (Wildman–Crippen LogP) is 1.27. The van der Waals surface area contributed by atoms with Gasteiger partial charge in [-0.05, 0) is 13.0 Å². The molecule has 0 saturated heterocycles. The first kappa shape index (κ1) is 9.64. The molecule has 0 fully saturated rings. The van der Waals surface area contributed by atoms with E-state index >= 15 is 0 Å². The fourth-order valence-electron chi connectivity index (χ4n) is 0.883. The van der Waals surface area contributed by atoms with E-state index in [0.717, 1.165) is 26.1 Å². The van der Waals surface area contributed by atoms with Crippen molar-refractivity contribution in [1.29, 1.82) is 0 Å². The highest BCUT2D eigenvalue weighted by Crippen LogP contribution is 2.03. The summed E-state index contributed by atoms with van der Waals surface area (Å²) in [7, 11) is 1.73. The van der Waals surface area contributed by atoms with Crippen molar-refractivity contribution in [3.05, 3.63) is 16.6 Å². The molecule has 1 aromatic rings. The standard InChI is InChI=1S/C8H14N2OS/c1-11-4-2-3-9-5-8-6-10-7-12-8/h6-7,9H,2-5H2,1H3. The third kappa shape index (κ3) is 3.80. The minimum absolute atomic E-state index is 0.829. The van der Waals surface area contributed by atoms with Crippen LogP contribution in [0.1, 0.15) is 11.3 Å². The molecule has 3 nitrogen and oxygen atoms in total. The van der Waals surface area contributed by atoms with Gasteiger partial charge in [0.05, 0.1) is 5.51 Å². The summed E-state index contributed by atoms with van der Waals surface area (Å²) in [6.45, 7) is 2.76. The number of hydrogen-bond donors (Lipinski definition) is 1. The Kier molecular flexibility index (Phi) is 4.91. The van der Waals surface area contributed by atoms with Crippen molar-refractivity contribution in [1.82, 2.24) is 10.3 Å². The van der Waals surface area contributed by atoms with Crippen LogP contribution in [-0.4, -0.2) is 25.2 Å². The monoisotopic (exact) mass is 186 g/mol. The third-order valence-corrected chi connectivity index (χ3v) is 2.26. The van der Waals surface area contributed by atoms with Gasteiger partial charge >= 0.3 is 0 Å². The van der Waals surface area contributed by atoms with Crippen LogP contribution in [-0.2, 0) is 11.3 Å². The second-order valence-corrected chi connectivity index (χ2v) is 3.46. The molecule has 1 aromatic heterocycles. The first-order valence-electron chi connectivity index (χ1n) is 4.00. The lowest BCUT2D eigenvalue weighted by atomic mass is 10.4. The molecule has 68 valence electrons. The molecule has 0 bridgehead atoms. The molecular weight excluding hydrogens is 172 g/mol. The number of hydrogen-bond acceptors (Lipinski definition) is 4.